The maximum absolute atomic E-state index is 12.8. The van der Waals surface area contributed by atoms with Crippen molar-refractivity contribution in [3.63, 3.8) is 0 Å². The van der Waals surface area contributed by atoms with Crippen LogP contribution in [-0.2, 0) is 0 Å². The van der Waals surface area contributed by atoms with Crippen LogP contribution in [0, 0.1) is 0 Å². The van der Waals surface area contributed by atoms with Crippen LogP contribution in [0.5, 0.6) is 0 Å². The lowest BCUT2D eigenvalue weighted by atomic mass is 10.0. The van der Waals surface area contributed by atoms with Crippen molar-refractivity contribution >= 4 is 77.5 Å². The fourth-order valence-corrected chi connectivity index (χ4v) is 4.30. The van der Waals surface area contributed by atoms with Crippen LogP contribution in [0.25, 0.3) is 34.1 Å². The van der Waals surface area contributed by atoms with Gasteiger partial charge in [-0.3, -0.25) is 9.59 Å². The van der Waals surface area contributed by atoms with Gasteiger partial charge < -0.3 is 4.42 Å². The molecule has 170 valence electrons. The molecule has 0 aliphatic heterocycles. The van der Waals surface area contributed by atoms with Gasteiger partial charge in [0, 0.05) is 30.8 Å². The first-order valence-corrected chi connectivity index (χ1v) is 12.5. The number of allylic oxidation sites excluding steroid dienone is 2. The molecule has 0 spiro atoms. The zero-order valence-corrected chi connectivity index (χ0v) is 21.5. The highest BCUT2D eigenvalue weighted by atomic mass is 79.9. The summed E-state index contributed by atoms with van der Waals surface area (Å²) >= 11 is 6.82. The molecule has 5 heteroatoms. The van der Waals surface area contributed by atoms with Crippen LogP contribution in [0.15, 0.2) is 110 Å². The predicted molar refractivity (Wildman–Crippen MR) is 149 cm³/mol. The number of benzene rings is 4. The van der Waals surface area contributed by atoms with Gasteiger partial charge in [-0.05, 0) is 83.9 Å². The largest absolute Gasteiger partial charge is 0.456 e. The van der Waals surface area contributed by atoms with E-state index in [-0.39, 0.29) is 11.6 Å². The second-order valence-corrected chi connectivity index (χ2v) is 9.85. The first-order chi connectivity index (χ1) is 17.0. The molecule has 3 nitrogen and oxygen atoms in total. The molecule has 35 heavy (non-hydrogen) atoms. The maximum Gasteiger partial charge on any atom is 0.185 e. The van der Waals surface area contributed by atoms with Crippen molar-refractivity contribution in [2.45, 2.75) is 0 Å². The van der Waals surface area contributed by atoms with Gasteiger partial charge in [0.05, 0.1) is 0 Å². The molecule has 0 radical (unpaired) electrons. The zero-order valence-electron chi connectivity index (χ0n) is 18.4. The second-order valence-electron chi connectivity index (χ2n) is 8.02. The Balaban J connectivity index is 1.43. The normalized spacial score (nSPS) is 11.7. The summed E-state index contributed by atoms with van der Waals surface area (Å²) in [6, 6.07) is 26.2. The van der Waals surface area contributed by atoms with Crippen LogP contribution in [0.4, 0.5) is 0 Å². The van der Waals surface area contributed by atoms with Crippen LogP contribution >= 0.6 is 31.9 Å². The number of hydrogen-bond donors (Lipinski definition) is 0. The number of rotatable bonds is 6. The fraction of sp³-hybridized carbons (Fsp3) is 0. The number of fused-ring (bicyclic) bond motifs is 3. The number of carbonyl (C=O) groups excluding carboxylic acids is 2. The number of halogens is 2. The standard InChI is InChI=1S/C30H18Br2O3/c31-23-9-1-19(2-10-23)5-13-27(33)21-7-15-29-25(17-21)26-18-22(8-16-30(26)35-29)28(34)14-6-20-3-11-24(32)12-4-20/h1-18H. The third-order valence-corrected chi connectivity index (χ3v) is 6.69. The van der Waals surface area contributed by atoms with Crippen molar-refractivity contribution in [2.24, 2.45) is 0 Å². The van der Waals surface area contributed by atoms with Gasteiger partial charge in [0.15, 0.2) is 11.6 Å². The predicted octanol–water partition coefficient (Wildman–Crippen LogP) is 8.90. The minimum Gasteiger partial charge on any atom is -0.456 e. The van der Waals surface area contributed by atoms with E-state index in [9.17, 15) is 9.59 Å². The summed E-state index contributed by atoms with van der Waals surface area (Å²) in [5, 5.41) is 1.60. The van der Waals surface area contributed by atoms with E-state index in [4.69, 9.17) is 4.42 Å². The number of hydrogen-bond acceptors (Lipinski definition) is 3. The lowest BCUT2D eigenvalue weighted by Crippen LogP contribution is -1.94. The van der Waals surface area contributed by atoms with Crippen LogP contribution < -0.4 is 0 Å². The van der Waals surface area contributed by atoms with Crippen molar-refractivity contribution in [1.82, 2.24) is 0 Å². The highest BCUT2D eigenvalue weighted by molar-refractivity contribution is 9.10. The van der Waals surface area contributed by atoms with Crippen molar-refractivity contribution in [3.8, 4) is 0 Å². The number of carbonyl (C=O) groups is 2. The summed E-state index contributed by atoms with van der Waals surface area (Å²) < 4.78 is 7.91. The Morgan fingerprint density at radius 1 is 0.571 bits per heavy atom. The Hall–Kier alpha value is -3.54. The Labute approximate surface area is 219 Å². The topological polar surface area (TPSA) is 47.3 Å². The molecular formula is C30H18Br2O3. The number of furan rings is 1. The molecule has 0 N–H and O–H groups in total. The first-order valence-electron chi connectivity index (χ1n) is 10.9. The van der Waals surface area contributed by atoms with E-state index in [1.165, 1.54) is 0 Å². The average Bonchev–Trinajstić information content (AvgIpc) is 3.25. The molecule has 4 aromatic carbocycles. The molecule has 1 heterocycles. The molecule has 0 unspecified atom stereocenters. The van der Waals surface area contributed by atoms with Crippen LogP contribution in [0.3, 0.4) is 0 Å². The van der Waals surface area contributed by atoms with Crippen molar-refractivity contribution in [3.05, 3.63) is 128 Å². The van der Waals surface area contributed by atoms with Gasteiger partial charge in [-0.2, -0.15) is 0 Å². The van der Waals surface area contributed by atoms with E-state index in [0.29, 0.717) is 22.3 Å². The van der Waals surface area contributed by atoms with Crippen molar-refractivity contribution in [1.29, 1.82) is 0 Å². The van der Waals surface area contributed by atoms with Crippen LogP contribution in [-0.4, -0.2) is 11.6 Å². The third kappa shape index (κ3) is 5.26. The summed E-state index contributed by atoms with van der Waals surface area (Å²) in [4.78, 5) is 25.6. The third-order valence-electron chi connectivity index (χ3n) is 5.63. The summed E-state index contributed by atoms with van der Waals surface area (Å²) in [5.74, 6) is -0.206. The summed E-state index contributed by atoms with van der Waals surface area (Å²) in [6.07, 6.45) is 6.71. The number of ketones is 2. The Bertz CT molecular complexity index is 1500. The lowest BCUT2D eigenvalue weighted by molar-refractivity contribution is 0.104. The monoisotopic (exact) mass is 584 g/mol. The molecule has 0 aliphatic rings. The molecule has 0 amide bonds. The fourth-order valence-electron chi connectivity index (χ4n) is 3.77. The molecule has 0 fully saturated rings. The molecule has 5 rings (SSSR count). The lowest BCUT2D eigenvalue weighted by Gasteiger charge is -1.99. The van der Waals surface area contributed by atoms with Crippen LogP contribution in [0.2, 0.25) is 0 Å². The van der Waals surface area contributed by atoms with E-state index >= 15 is 0 Å². The maximum atomic E-state index is 12.8. The molecule has 0 saturated carbocycles. The molecule has 0 atom stereocenters. The molecular weight excluding hydrogens is 568 g/mol. The van der Waals surface area contributed by atoms with Gasteiger partial charge in [-0.15, -0.1) is 0 Å². The molecule has 0 saturated heterocycles. The average molecular weight is 586 g/mol. The highest BCUT2D eigenvalue weighted by Crippen LogP contribution is 2.31. The van der Waals surface area contributed by atoms with E-state index in [0.717, 1.165) is 30.8 Å². The Kier molecular flexibility index (Phi) is 6.62. The van der Waals surface area contributed by atoms with Gasteiger partial charge in [0.1, 0.15) is 11.2 Å². The quantitative estimate of drug-likeness (QED) is 0.148. The SMILES string of the molecule is O=C(C=Cc1ccc(Br)cc1)c1ccc2oc3ccc(C(=O)C=Cc4ccc(Br)cc4)cc3c2c1. The minimum absolute atomic E-state index is 0.103. The smallest absolute Gasteiger partial charge is 0.185 e. The Morgan fingerprint density at radius 2 is 0.971 bits per heavy atom. The molecule has 0 aliphatic carbocycles. The summed E-state index contributed by atoms with van der Waals surface area (Å²) in [5.41, 5.74) is 4.33. The van der Waals surface area contributed by atoms with E-state index in [1.54, 1.807) is 48.6 Å². The van der Waals surface area contributed by atoms with E-state index < -0.39 is 0 Å². The van der Waals surface area contributed by atoms with Crippen LogP contribution in [0.1, 0.15) is 31.8 Å². The summed E-state index contributed by atoms with van der Waals surface area (Å²) in [7, 11) is 0. The minimum atomic E-state index is -0.103. The highest BCUT2D eigenvalue weighted by Gasteiger charge is 2.12. The first kappa shape index (κ1) is 23.2. The van der Waals surface area contributed by atoms with Gasteiger partial charge >= 0.3 is 0 Å². The molecule has 5 aromatic rings. The van der Waals surface area contributed by atoms with Crippen molar-refractivity contribution in [2.75, 3.05) is 0 Å². The molecule has 0 bridgehead atoms. The Morgan fingerprint density at radius 3 is 1.37 bits per heavy atom. The van der Waals surface area contributed by atoms with Gasteiger partial charge in [0.25, 0.3) is 0 Å². The zero-order chi connectivity index (χ0) is 24.4. The molecule has 1 aromatic heterocycles. The summed E-state index contributed by atoms with van der Waals surface area (Å²) in [6.45, 7) is 0. The van der Waals surface area contributed by atoms with Gasteiger partial charge in [0.2, 0.25) is 0 Å². The van der Waals surface area contributed by atoms with Gasteiger partial charge in [-0.1, -0.05) is 68.3 Å². The van der Waals surface area contributed by atoms with E-state index in [1.807, 2.05) is 60.7 Å². The second kappa shape index (κ2) is 9.98. The van der Waals surface area contributed by atoms with E-state index in [2.05, 4.69) is 31.9 Å². The van der Waals surface area contributed by atoms with Gasteiger partial charge in [-0.25, -0.2) is 0 Å². The van der Waals surface area contributed by atoms with Crippen molar-refractivity contribution < 1.29 is 14.0 Å².